The second-order valence-electron chi connectivity index (χ2n) is 0.734. The van der Waals surface area contributed by atoms with Crippen molar-refractivity contribution in [3.63, 3.8) is 0 Å². The summed E-state index contributed by atoms with van der Waals surface area (Å²) in [5.41, 5.74) is 0. The lowest BCUT2D eigenvalue weighted by Gasteiger charge is -1.75. The molecule has 0 bridgehead atoms. The van der Waals surface area contributed by atoms with Gasteiger partial charge in [-0.1, -0.05) is 0 Å². The molecule has 0 unspecified atom stereocenters. The van der Waals surface area contributed by atoms with Crippen LogP contribution < -0.4 is 0 Å². The highest BCUT2D eigenvalue weighted by atomic mass is 16.4. The summed E-state index contributed by atoms with van der Waals surface area (Å²) in [6.07, 6.45) is 0. The summed E-state index contributed by atoms with van der Waals surface area (Å²) < 4.78 is 0. The molecule has 1 radical (unpaired) electrons. The first-order chi connectivity index (χ1) is 2.64. The lowest BCUT2D eigenvalue weighted by atomic mass is 10.6. The van der Waals surface area contributed by atoms with Gasteiger partial charge in [0.2, 0.25) is 0 Å². The summed E-state index contributed by atoms with van der Waals surface area (Å²) in [6.45, 7) is 2.65. The highest BCUT2D eigenvalue weighted by Crippen LogP contribution is 1.76. The van der Waals surface area contributed by atoms with E-state index < -0.39 is 11.7 Å². The molecule has 0 amide bonds. The van der Waals surface area contributed by atoms with Crippen LogP contribution in [0.15, 0.2) is 12.3 Å². The molecule has 0 aliphatic rings. The van der Waals surface area contributed by atoms with Gasteiger partial charge in [-0.05, 0) is 6.58 Å². The van der Waals surface area contributed by atoms with E-state index in [0.717, 1.165) is 0 Å². The zero-order valence-corrected chi connectivity index (χ0v) is 2.97. The van der Waals surface area contributed by atoms with Crippen LogP contribution in [0.2, 0.25) is 0 Å². The molecule has 0 aliphatic heterocycles. The smallest absolute Gasteiger partial charge is 0.419 e. The molecule has 3 nitrogen and oxygen atoms in total. The quantitative estimate of drug-likeness (QED) is 0.362. The van der Waals surface area contributed by atoms with Gasteiger partial charge in [0, 0.05) is 0 Å². The molecule has 0 heterocycles. The van der Waals surface area contributed by atoms with Gasteiger partial charge in [0.05, 0.1) is 0 Å². The summed E-state index contributed by atoms with van der Waals surface area (Å²) in [6, 6.07) is 0. The Balaban J connectivity index is 3.57. The first-order valence-electron chi connectivity index (χ1n) is 1.24. The van der Waals surface area contributed by atoms with Crippen molar-refractivity contribution >= 4 is 5.97 Å². The van der Waals surface area contributed by atoms with Crippen molar-refractivity contribution in [2.75, 3.05) is 0 Å². The van der Waals surface area contributed by atoms with Crippen LogP contribution in [0.4, 0.5) is 0 Å². The fraction of sp³-hybridized carbons (Fsp3) is 0. The number of aliphatic hydroxyl groups excluding tert-OH is 1. The molecule has 0 rings (SSSR count). The second-order valence-corrected chi connectivity index (χ2v) is 0.734. The molecule has 0 aliphatic carbocycles. The van der Waals surface area contributed by atoms with Gasteiger partial charge in [-0.15, -0.1) is 0 Å². The predicted molar refractivity (Wildman–Crippen MR) is 17.5 cm³/mol. The van der Waals surface area contributed by atoms with E-state index in [4.69, 9.17) is 5.11 Å². The maximum Gasteiger partial charge on any atom is 0.419 e. The molecule has 33 valence electrons. The Morgan fingerprint density at radius 1 is 1.67 bits per heavy atom. The average molecular weight is 87.1 g/mol. The molecule has 0 aromatic rings. The van der Waals surface area contributed by atoms with E-state index in [1.807, 2.05) is 0 Å². The Kier molecular flexibility index (Phi) is 1.21. The van der Waals surface area contributed by atoms with Gasteiger partial charge >= 0.3 is 5.97 Å². The molecular weight excluding hydrogens is 84.0 g/mol. The van der Waals surface area contributed by atoms with E-state index in [1.54, 1.807) is 0 Å². The van der Waals surface area contributed by atoms with E-state index in [9.17, 15) is 9.90 Å². The Hall–Kier alpha value is -0.990. The Bertz CT molecular complexity index is 72.0. The van der Waals surface area contributed by atoms with Gasteiger partial charge < -0.3 is 5.11 Å². The first kappa shape index (κ1) is 5.01. The summed E-state index contributed by atoms with van der Waals surface area (Å²) in [4.78, 5) is 9.24. The van der Waals surface area contributed by atoms with Gasteiger partial charge in [0.25, 0.3) is 0 Å². The Labute approximate surface area is 34.5 Å². The van der Waals surface area contributed by atoms with E-state index in [-0.39, 0.29) is 0 Å². The van der Waals surface area contributed by atoms with Crippen molar-refractivity contribution in [1.82, 2.24) is 0 Å². The molecule has 0 saturated carbocycles. The predicted octanol–water partition coefficient (Wildman–Crippen LogP) is 0.0152. The zero-order chi connectivity index (χ0) is 5.15. The number of aliphatic hydroxyl groups is 1. The molecule has 0 spiro atoms. The van der Waals surface area contributed by atoms with Crippen LogP contribution in [0.5, 0.6) is 0 Å². The molecule has 1 N–H and O–H groups in total. The number of carbonyl (C=O) groups is 1. The third-order valence-corrected chi connectivity index (χ3v) is 0.236. The lowest BCUT2D eigenvalue weighted by molar-refractivity contribution is -0.141. The van der Waals surface area contributed by atoms with Gasteiger partial charge in [-0.2, -0.15) is 0 Å². The standard InChI is InChI=1S/C3H3O3/c1-2(4)3(5)6/h4H,1H2. The molecule has 6 heavy (non-hydrogen) atoms. The topological polar surface area (TPSA) is 57.2 Å². The maximum absolute atomic E-state index is 9.24. The number of carbonyl (C=O) groups excluding carboxylic acids is 1. The fourth-order valence-corrected chi connectivity index (χ4v) is 0. The summed E-state index contributed by atoms with van der Waals surface area (Å²) in [5.74, 6) is -2.56. The molecule has 0 fully saturated rings. The largest absolute Gasteiger partial charge is 0.502 e. The second kappa shape index (κ2) is 1.45. The summed E-state index contributed by atoms with van der Waals surface area (Å²) in [7, 11) is 0. The van der Waals surface area contributed by atoms with E-state index >= 15 is 0 Å². The highest BCUT2D eigenvalue weighted by Gasteiger charge is 1.98. The zero-order valence-electron chi connectivity index (χ0n) is 2.97. The molecule has 3 heteroatoms. The minimum absolute atomic E-state index is 0.935. The van der Waals surface area contributed by atoms with Gasteiger partial charge in [-0.25, -0.2) is 9.90 Å². The van der Waals surface area contributed by atoms with Crippen molar-refractivity contribution in [2.45, 2.75) is 0 Å². The van der Waals surface area contributed by atoms with Crippen molar-refractivity contribution in [3.05, 3.63) is 12.3 Å². The van der Waals surface area contributed by atoms with Gasteiger partial charge in [0.15, 0.2) is 5.76 Å². The van der Waals surface area contributed by atoms with Crippen LogP contribution in [-0.2, 0) is 9.90 Å². The van der Waals surface area contributed by atoms with E-state index in [2.05, 4.69) is 6.58 Å². The Morgan fingerprint density at radius 2 is 1.83 bits per heavy atom. The summed E-state index contributed by atoms with van der Waals surface area (Å²) in [5, 5.41) is 17.0. The molecule has 0 aromatic carbocycles. The van der Waals surface area contributed by atoms with Gasteiger partial charge in [0.1, 0.15) is 0 Å². The fourth-order valence-electron chi connectivity index (χ4n) is 0. The highest BCUT2D eigenvalue weighted by molar-refractivity contribution is 5.82. The van der Waals surface area contributed by atoms with Crippen LogP contribution in [0.3, 0.4) is 0 Å². The van der Waals surface area contributed by atoms with Crippen molar-refractivity contribution in [3.8, 4) is 0 Å². The normalized spacial score (nSPS) is 7.33. The van der Waals surface area contributed by atoms with Crippen molar-refractivity contribution < 1.29 is 15.0 Å². The third-order valence-electron chi connectivity index (χ3n) is 0.236. The lowest BCUT2D eigenvalue weighted by Crippen LogP contribution is -1.93. The molecule has 0 atom stereocenters. The van der Waals surface area contributed by atoms with Crippen LogP contribution in [-0.4, -0.2) is 11.1 Å². The molecular formula is C3H3O3. The van der Waals surface area contributed by atoms with Gasteiger partial charge in [-0.3, -0.25) is 0 Å². The third kappa shape index (κ3) is 1.34. The SMILES string of the molecule is C=C(O)C([O])=O. The summed E-state index contributed by atoms with van der Waals surface area (Å²) >= 11 is 0. The first-order valence-corrected chi connectivity index (χ1v) is 1.24. The van der Waals surface area contributed by atoms with Crippen molar-refractivity contribution in [1.29, 1.82) is 0 Å². The van der Waals surface area contributed by atoms with E-state index in [0.29, 0.717) is 0 Å². The molecule has 0 aromatic heterocycles. The van der Waals surface area contributed by atoms with Crippen LogP contribution in [0.1, 0.15) is 0 Å². The number of hydrogen-bond donors (Lipinski definition) is 1. The van der Waals surface area contributed by atoms with Crippen molar-refractivity contribution in [2.24, 2.45) is 0 Å². The Morgan fingerprint density at radius 3 is 1.83 bits per heavy atom. The average Bonchev–Trinajstić information content (AvgIpc) is 1.36. The molecule has 0 saturated heterocycles. The maximum atomic E-state index is 9.24. The van der Waals surface area contributed by atoms with Crippen LogP contribution in [0.25, 0.3) is 0 Å². The minimum Gasteiger partial charge on any atom is -0.502 e. The monoisotopic (exact) mass is 87.0 g/mol. The number of rotatable bonds is 1. The minimum atomic E-state index is -1.63. The number of hydrogen-bond acceptors (Lipinski definition) is 2. The van der Waals surface area contributed by atoms with Crippen LogP contribution in [0, 0.1) is 0 Å². The van der Waals surface area contributed by atoms with Crippen LogP contribution >= 0.6 is 0 Å². The van der Waals surface area contributed by atoms with E-state index in [1.165, 1.54) is 0 Å².